The SMILES string of the molecule is CN(c1nc(Cl)cs1)C1CCCCC1O. The molecule has 3 nitrogen and oxygen atoms in total. The highest BCUT2D eigenvalue weighted by Gasteiger charge is 2.27. The second-order valence-electron chi connectivity index (χ2n) is 3.98. The van der Waals surface area contributed by atoms with Gasteiger partial charge in [-0.15, -0.1) is 11.3 Å². The maximum Gasteiger partial charge on any atom is 0.186 e. The number of aliphatic hydroxyl groups is 1. The number of hydrogen-bond donors (Lipinski definition) is 1. The van der Waals surface area contributed by atoms with Gasteiger partial charge in [0, 0.05) is 12.4 Å². The van der Waals surface area contributed by atoms with Crippen LogP contribution in [0.3, 0.4) is 0 Å². The first kappa shape index (κ1) is 11.2. The number of aliphatic hydroxyl groups excluding tert-OH is 1. The monoisotopic (exact) mass is 246 g/mol. The van der Waals surface area contributed by atoms with Crippen LogP contribution in [0, 0.1) is 0 Å². The Morgan fingerprint density at radius 3 is 2.87 bits per heavy atom. The maximum absolute atomic E-state index is 9.91. The fraction of sp³-hybridized carbons (Fsp3) is 0.700. The summed E-state index contributed by atoms with van der Waals surface area (Å²) in [5, 5.41) is 13.2. The molecule has 0 aliphatic heterocycles. The molecule has 84 valence electrons. The van der Waals surface area contributed by atoms with Crippen molar-refractivity contribution in [2.75, 3.05) is 11.9 Å². The third kappa shape index (κ3) is 2.44. The molecular weight excluding hydrogens is 232 g/mol. The number of thiazole rings is 1. The summed E-state index contributed by atoms with van der Waals surface area (Å²) >= 11 is 7.32. The second-order valence-corrected chi connectivity index (χ2v) is 5.21. The summed E-state index contributed by atoms with van der Waals surface area (Å²) in [6, 6.07) is 0.195. The average Bonchev–Trinajstić information content (AvgIpc) is 2.65. The first-order valence-corrected chi connectivity index (χ1v) is 6.46. The minimum atomic E-state index is -0.230. The Balaban J connectivity index is 2.09. The smallest absolute Gasteiger partial charge is 0.186 e. The highest BCUT2D eigenvalue weighted by molar-refractivity contribution is 7.14. The van der Waals surface area contributed by atoms with Crippen molar-refractivity contribution in [2.45, 2.75) is 37.8 Å². The zero-order valence-electron chi connectivity index (χ0n) is 8.69. The van der Waals surface area contributed by atoms with Crippen LogP contribution in [0.2, 0.25) is 5.15 Å². The van der Waals surface area contributed by atoms with E-state index >= 15 is 0 Å². The Morgan fingerprint density at radius 2 is 2.27 bits per heavy atom. The maximum atomic E-state index is 9.91. The van der Waals surface area contributed by atoms with E-state index in [0.717, 1.165) is 24.4 Å². The van der Waals surface area contributed by atoms with Gasteiger partial charge in [0.2, 0.25) is 0 Å². The lowest BCUT2D eigenvalue weighted by atomic mass is 9.92. The van der Waals surface area contributed by atoms with Crippen LogP contribution in [0.25, 0.3) is 0 Å². The van der Waals surface area contributed by atoms with Crippen LogP contribution in [0.4, 0.5) is 5.13 Å². The van der Waals surface area contributed by atoms with E-state index in [-0.39, 0.29) is 12.1 Å². The molecule has 0 bridgehead atoms. The Hall–Kier alpha value is -0.320. The molecule has 0 spiro atoms. The van der Waals surface area contributed by atoms with Crippen molar-refractivity contribution in [1.29, 1.82) is 0 Å². The summed E-state index contributed by atoms with van der Waals surface area (Å²) in [5.41, 5.74) is 0. The number of rotatable bonds is 2. The van der Waals surface area contributed by atoms with E-state index in [1.54, 1.807) is 0 Å². The molecule has 15 heavy (non-hydrogen) atoms. The van der Waals surface area contributed by atoms with Crippen molar-refractivity contribution < 1.29 is 5.11 Å². The predicted molar refractivity (Wildman–Crippen MR) is 63.8 cm³/mol. The van der Waals surface area contributed by atoms with Gasteiger partial charge in [-0.2, -0.15) is 0 Å². The standard InChI is InChI=1S/C10H15ClN2OS/c1-13(10-12-9(11)6-15-10)7-4-2-3-5-8(7)14/h6-8,14H,2-5H2,1H3. The zero-order chi connectivity index (χ0) is 10.8. The molecule has 1 saturated carbocycles. The summed E-state index contributed by atoms with van der Waals surface area (Å²) in [6.07, 6.45) is 4.02. The molecule has 0 amide bonds. The Morgan fingerprint density at radius 1 is 1.53 bits per heavy atom. The molecule has 5 heteroatoms. The van der Waals surface area contributed by atoms with Crippen LogP contribution < -0.4 is 4.90 Å². The quantitative estimate of drug-likeness (QED) is 0.871. The predicted octanol–water partition coefficient (Wildman–Crippen LogP) is 2.54. The highest BCUT2D eigenvalue weighted by Crippen LogP contribution is 2.29. The molecule has 2 atom stereocenters. The number of nitrogens with zero attached hydrogens (tertiary/aromatic N) is 2. The lowest BCUT2D eigenvalue weighted by Crippen LogP contribution is -2.43. The van der Waals surface area contributed by atoms with Crippen LogP contribution >= 0.6 is 22.9 Å². The molecule has 1 aromatic heterocycles. The van der Waals surface area contributed by atoms with Gasteiger partial charge in [-0.3, -0.25) is 0 Å². The van der Waals surface area contributed by atoms with Crippen LogP contribution in [0.15, 0.2) is 5.38 Å². The van der Waals surface area contributed by atoms with Gasteiger partial charge in [-0.1, -0.05) is 24.4 Å². The van der Waals surface area contributed by atoms with Gasteiger partial charge in [0.05, 0.1) is 12.1 Å². The van der Waals surface area contributed by atoms with Crippen molar-refractivity contribution in [1.82, 2.24) is 4.98 Å². The average molecular weight is 247 g/mol. The van der Waals surface area contributed by atoms with Crippen LogP contribution in [0.5, 0.6) is 0 Å². The Kier molecular flexibility index (Phi) is 3.49. The first-order chi connectivity index (χ1) is 7.18. The summed E-state index contributed by atoms with van der Waals surface area (Å²) in [6.45, 7) is 0. The number of aromatic nitrogens is 1. The molecule has 1 fully saturated rings. The van der Waals surface area contributed by atoms with Gasteiger partial charge < -0.3 is 10.0 Å². The van der Waals surface area contributed by atoms with E-state index in [1.807, 2.05) is 12.4 Å². The van der Waals surface area contributed by atoms with Crippen molar-refractivity contribution in [3.8, 4) is 0 Å². The normalized spacial score (nSPS) is 26.6. The van der Waals surface area contributed by atoms with Gasteiger partial charge >= 0.3 is 0 Å². The molecule has 2 rings (SSSR count). The van der Waals surface area contributed by atoms with E-state index in [1.165, 1.54) is 17.8 Å². The highest BCUT2D eigenvalue weighted by atomic mass is 35.5. The van der Waals surface area contributed by atoms with Crippen LogP contribution in [-0.2, 0) is 0 Å². The molecule has 1 N–H and O–H groups in total. The summed E-state index contributed by atoms with van der Waals surface area (Å²) < 4.78 is 0. The van der Waals surface area contributed by atoms with Crippen LogP contribution in [0.1, 0.15) is 25.7 Å². The van der Waals surface area contributed by atoms with Gasteiger partial charge in [0.15, 0.2) is 5.13 Å². The van der Waals surface area contributed by atoms with E-state index in [9.17, 15) is 5.11 Å². The number of likely N-dealkylation sites (N-methyl/N-ethyl adjacent to an activating group) is 1. The fourth-order valence-electron chi connectivity index (χ4n) is 2.09. The van der Waals surface area contributed by atoms with Gasteiger partial charge in [-0.25, -0.2) is 4.98 Å². The molecule has 0 aromatic carbocycles. The molecule has 1 heterocycles. The number of anilines is 1. The molecule has 1 aliphatic rings. The van der Waals surface area contributed by atoms with E-state index in [2.05, 4.69) is 9.88 Å². The largest absolute Gasteiger partial charge is 0.391 e. The van der Waals surface area contributed by atoms with Crippen LogP contribution in [-0.4, -0.2) is 29.3 Å². The lowest BCUT2D eigenvalue weighted by Gasteiger charge is -2.34. The van der Waals surface area contributed by atoms with E-state index in [0.29, 0.717) is 5.15 Å². The molecule has 0 saturated heterocycles. The summed E-state index contributed by atoms with van der Waals surface area (Å²) in [5.74, 6) is 0. The van der Waals surface area contributed by atoms with Crippen molar-refractivity contribution >= 4 is 28.1 Å². The number of halogens is 1. The Labute approximate surface area is 98.7 Å². The molecule has 1 aliphatic carbocycles. The van der Waals surface area contributed by atoms with E-state index in [4.69, 9.17) is 11.6 Å². The molecular formula is C10H15ClN2OS. The third-order valence-electron chi connectivity index (χ3n) is 2.96. The van der Waals surface area contributed by atoms with Gasteiger partial charge in [0.25, 0.3) is 0 Å². The van der Waals surface area contributed by atoms with E-state index < -0.39 is 0 Å². The fourth-order valence-corrected chi connectivity index (χ4v) is 3.06. The van der Waals surface area contributed by atoms with Gasteiger partial charge in [-0.05, 0) is 12.8 Å². The number of hydrogen-bond acceptors (Lipinski definition) is 4. The van der Waals surface area contributed by atoms with Crippen molar-refractivity contribution in [2.24, 2.45) is 0 Å². The minimum Gasteiger partial charge on any atom is -0.391 e. The summed E-state index contributed by atoms with van der Waals surface area (Å²) in [4.78, 5) is 6.27. The Bertz CT molecular complexity index is 331. The zero-order valence-corrected chi connectivity index (χ0v) is 10.3. The summed E-state index contributed by atoms with van der Waals surface area (Å²) in [7, 11) is 1.98. The topological polar surface area (TPSA) is 36.4 Å². The van der Waals surface area contributed by atoms with Crippen molar-refractivity contribution in [3.63, 3.8) is 0 Å². The minimum absolute atomic E-state index is 0.195. The second kappa shape index (κ2) is 4.68. The van der Waals surface area contributed by atoms with Crippen molar-refractivity contribution in [3.05, 3.63) is 10.5 Å². The third-order valence-corrected chi connectivity index (χ3v) is 4.21. The first-order valence-electron chi connectivity index (χ1n) is 5.20. The molecule has 1 aromatic rings. The van der Waals surface area contributed by atoms with Gasteiger partial charge in [0.1, 0.15) is 5.15 Å². The molecule has 0 radical (unpaired) electrons. The lowest BCUT2D eigenvalue weighted by molar-refractivity contribution is 0.106. The molecule has 2 unspecified atom stereocenters.